The van der Waals surface area contributed by atoms with E-state index in [-0.39, 0.29) is 11.5 Å². The lowest BCUT2D eigenvalue weighted by atomic mass is 9.86. The topological polar surface area (TPSA) is 20.2 Å². The highest BCUT2D eigenvalue weighted by Crippen LogP contribution is 2.22. The van der Waals surface area contributed by atoms with Crippen LogP contribution in [0.3, 0.4) is 0 Å². The van der Waals surface area contributed by atoms with Gasteiger partial charge in [0, 0.05) is 0 Å². The van der Waals surface area contributed by atoms with E-state index in [0.717, 1.165) is 12.8 Å². The molecule has 0 fully saturated rings. The van der Waals surface area contributed by atoms with Gasteiger partial charge in [0.2, 0.25) is 0 Å². The fourth-order valence-electron chi connectivity index (χ4n) is 0.978. The van der Waals surface area contributed by atoms with Gasteiger partial charge in [-0.1, -0.05) is 40.0 Å². The second-order valence-electron chi connectivity index (χ2n) is 4.00. The van der Waals surface area contributed by atoms with Crippen LogP contribution in [0.15, 0.2) is 0 Å². The van der Waals surface area contributed by atoms with E-state index in [2.05, 4.69) is 13.8 Å². The molecule has 1 heteroatoms. The summed E-state index contributed by atoms with van der Waals surface area (Å²) in [6.45, 7) is 10.0. The number of aliphatic hydroxyl groups is 1. The van der Waals surface area contributed by atoms with Crippen LogP contribution in [0.2, 0.25) is 0 Å². The van der Waals surface area contributed by atoms with Crippen LogP contribution in [-0.2, 0) is 0 Å². The van der Waals surface area contributed by atoms with Crippen molar-refractivity contribution >= 4 is 0 Å². The Labute approximate surface area is 70.8 Å². The van der Waals surface area contributed by atoms with Crippen LogP contribution in [0.5, 0.6) is 0 Å². The molecule has 1 atom stereocenters. The van der Waals surface area contributed by atoms with Gasteiger partial charge < -0.3 is 5.11 Å². The lowest BCUT2D eigenvalue weighted by Gasteiger charge is -2.25. The largest absolute Gasteiger partial charge is 0.393 e. The van der Waals surface area contributed by atoms with Crippen LogP contribution >= 0.6 is 0 Å². The summed E-state index contributed by atoms with van der Waals surface area (Å²) in [5, 5.41) is 9.55. The molecule has 0 amide bonds. The highest BCUT2D eigenvalue weighted by atomic mass is 16.3. The molecule has 1 unspecified atom stereocenters. The minimum atomic E-state index is -0.242. The highest BCUT2D eigenvalue weighted by Gasteiger charge is 2.20. The quantitative estimate of drug-likeness (QED) is 0.608. The molecule has 0 aliphatic rings. The average molecular weight is 157 g/mol. The zero-order valence-electron chi connectivity index (χ0n) is 8.06. The number of rotatable bonds is 5. The lowest BCUT2D eigenvalue weighted by Crippen LogP contribution is -2.25. The zero-order chi connectivity index (χ0) is 8.91. The molecule has 0 aliphatic heterocycles. The van der Waals surface area contributed by atoms with Gasteiger partial charge in [-0.25, -0.2) is 0 Å². The van der Waals surface area contributed by atoms with E-state index in [9.17, 15) is 5.11 Å². The van der Waals surface area contributed by atoms with Gasteiger partial charge >= 0.3 is 0 Å². The van der Waals surface area contributed by atoms with Gasteiger partial charge in [-0.3, -0.25) is 0 Å². The summed E-state index contributed by atoms with van der Waals surface area (Å²) in [6.07, 6.45) is 4.20. The van der Waals surface area contributed by atoms with Crippen molar-refractivity contribution < 1.29 is 5.11 Å². The first kappa shape index (κ1) is 11.0. The monoisotopic (exact) mass is 157 g/mol. The summed E-state index contributed by atoms with van der Waals surface area (Å²) in [6, 6.07) is 0. The van der Waals surface area contributed by atoms with Crippen molar-refractivity contribution in [2.24, 2.45) is 5.41 Å². The molecule has 1 N–H and O–H groups in total. The Hall–Kier alpha value is -0.0400. The van der Waals surface area contributed by atoms with Gasteiger partial charge in [0.15, 0.2) is 0 Å². The molecule has 0 saturated carbocycles. The van der Waals surface area contributed by atoms with E-state index >= 15 is 0 Å². The lowest BCUT2D eigenvalue weighted by molar-refractivity contribution is 0.0697. The first-order chi connectivity index (χ1) is 4.98. The molecule has 1 radical (unpaired) electrons. The summed E-state index contributed by atoms with van der Waals surface area (Å²) in [4.78, 5) is 0. The second-order valence-corrected chi connectivity index (χ2v) is 4.00. The zero-order valence-corrected chi connectivity index (χ0v) is 8.06. The Balaban J connectivity index is 3.44. The molecular formula is C10H21O. The molecule has 0 bridgehead atoms. The van der Waals surface area contributed by atoms with Crippen molar-refractivity contribution in [3.05, 3.63) is 6.92 Å². The van der Waals surface area contributed by atoms with Gasteiger partial charge in [-0.05, 0) is 18.8 Å². The summed E-state index contributed by atoms with van der Waals surface area (Å²) in [5.41, 5.74) is -0.187. The van der Waals surface area contributed by atoms with Gasteiger partial charge in [0.1, 0.15) is 0 Å². The van der Waals surface area contributed by atoms with E-state index in [4.69, 9.17) is 0 Å². The van der Waals surface area contributed by atoms with Gasteiger partial charge in [0.05, 0.1) is 6.10 Å². The Morgan fingerprint density at radius 3 is 2.27 bits per heavy atom. The maximum absolute atomic E-state index is 9.55. The van der Waals surface area contributed by atoms with Crippen LogP contribution in [0.1, 0.15) is 46.5 Å². The first-order valence-electron chi connectivity index (χ1n) is 4.52. The molecule has 0 aromatic heterocycles. The predicted octanol–water partition coefficient (Wildman–Crippen LogP) is 2.79. The third-order valence-electron chi connectivity index (χ3n) is 1.98. The van der Waals surface area contributed by atoms with Crippen molar-refractivity contribution in [3.63, 3.8) is 0 Å². The van der Waals surface area contributed by atoms with Crippen molar-refractivity contribution in [1.82, 2.24) is 0 Å². The summed E-state index contributed by atoms with van der Waals surface area (Å²) in [5.74, 6) is 0. The number of unbranched alkanes of at least 4 members (excludes halogenated alkanes) is 2. The normalized spacial score (nSPS) is 15.0. The Bertz CT molecular complexity index is 91.5. The molecule has 67 valence electrons. The molecule has 0 rings (SSSR count). The molecule has 0 saturated heterocycles. The van der Waals surface area contributed by atoms with Crippen LogP contribution in [-0.4, -0.2) is 11.2 Å². The van der Waals surface area contributed by atoms with Crippen LogP contribution < -0.4 is 0 Å². The highest BCUT2D eigenvalue weighted by molar-refractivity contribution is 4.79. The van der Waals surface area contributed by atoms with E-state index in [1.165, 1.54) is 12.8 Å². The standard InChI is InChI=1S/C10H21O/c1-5-6-7-8-9(11)10(2,3)4/h9,11H,2,5-8H2,1,3-4H3. The van der Waals surface area contributed by atoms with Gasteiger partial charge in [0.25, 0.3) is 0 Å². The number of hydrogen-bond donors (Lipinski definition) is 1. The summed E-state index contributed by atoms with van der Waals surface area (Å²) >= 11 is 0. The van der Waals surface area contributed by atoms with Gasteiger partial charge in [-0.2, -0.15) is 0 Å². The van der Waals surface area contributed by atoms with E-state index in [1.807, 2.05) is 13.8 Å². The molecular weight excluding hydrogens is 136 g/mol. The van der Waals surface area contributed by atoms with Crippen molar-refractivity contribution in [3.8, 4) is 0 Å². The first-order valence-corrected chi connectivity index (χ1v) is 4.52. The molecule has 0 spiro atoms. The Kier molecular flexibility index (Phi) is 4.74. The van der Waals surface area contributed by atoms with Crippen LogP contribution in [0.25, 0.3) is 0 Å². The fourth-order valence-corrected chi connectivity index (χ4v) is 0.978. The minimum Gasteiger partial charge on any atom is -0.393 e. The van der Waals surface area contributed by atoms with Crippen LogP contribution in [0.4, 0.5) is 0 Å². The second kappa shape index (κ2) is 4.76. The number of hydrogen-bond acceptors (Lipinski definition) is 1. The predicted molar refractivity (Wildman–Crippen MR) is 49.3 cm³/mol. The maximum Gasteiger partial charge on any atom is 0.0591 e. The number of aliphatic hydroxyl groups excluding tert-OH is 1. The minimum absolute atomic E-state index is 0.187. The third kappa shape index (κ3) is 5.25. The van der Waals surface area contributed by atoms with Gasteiger partial charge in [-0.15, -0.1) is 0 Å². The third-order valence-corrected chi connectivity index (χ3v) is 1.98. The van der Waals surface area contributed by atoms with E-state index in [1.54, 1.807) is 0 Å². The van der Waals surface area contributed by atoms with E-state index < -0.39 is 0 Å². The fraction of sp³-hybridized carbons (Fsp3) is 0.900. The molecule has 0 aromatic rings. The average Bonchev–Trinajstić information content (AvgIpc) is 1.86. The van der Waals surface area contributed by atoms with Crippen LogP contribution in [0, 0.1) is 12.3 Å². The molecule has 11 heavy (non-hydrogen) atoms. The smallest absolute Gasteiger partial charge is 0.0591 e. The molecule has 1 nitrogen and oxygen atoms in total. The SMILES string of the molecule is [CH2]C(C)(C)C(O)CCCCC. The van der Waals surface area contributed by atoms with E-state index in [0.29, 0.717) is 0 Å². The summed E-state index contributed by atoms with van der Waals surface area (Å²) in [7, 11) is 0. The van der Waals surface area contributed by atoms with Crippen molar-refractivity contribution in [2.45, 2.75) is 52.6 Å². The van der Waals surface area contributed by atoms with Crippen molar-refractivity contribution in [2.75, 3.05) is 0 Å². The maximum atomic E-state index is 9.55. The Morgan fingerprint density at radius 2 is 1.91 bits per heavy atom. The molecule has 0 aromatic carbocycles. The summed E-state index contributed by atoms with van der Waals surface area (Å²) < 4.78 is 0. The molecule has 0 aliphatic carbocycles. The Morgan fingerprint density at radius 1 is 1.36 bits per heavy atom. The van der Waals surface area contributed by atoms with Crippen molar-refractivity contribution in [1.29, 1.82) is 0 Å². The molecule has 0 heterocycles.